The fraction of sp³-hybridized carbons (Fsp3) is 0.929. The Morgan fingerprint density at radius 1 is 1.22 bits per heavy atom. The van der Waals surface area contributed by atoms with Crippen molar-refractivity contribution in [2.45, 2.75) is 59.6 Å². The lowest BCUT2D eigenvalue weighted by Crippen LogP contribution is -2.36. The van der Waals surface area contributed by atoms with Crippen LogP contribution < -0.4 is 5.32 Å². The Morgan fingerprint density at radius 3 is 2.44 bits per heavy atom. The van der Waals surface area contributed by atoms with Crippen LogP contribution in [0.15, 0.2) is 0 Å². The normalized spacial score (nSPS) is 14.6. The van der Waals surface area contributed by atoms with Gasteiger partial charge in [-0.15, -0.1) is 0 Å². The number of hydrogen-bond donors (Lipinski definition) is 1. The maximum absolute atomic E-state index is 11.6. The first-order valence-corrected chi connectivity index (χ1v) is 6.94. The third-order valence-corrected chi connectivity index (χ3v) is 2.51. The van der Waals surface area contributed by atoms with Crippen LogP contribution in [0.4, 0.5) is 0 Å². The Morgan fingerprint density at radius 2 is 1.89 bits per heavy atom. The van der Waals surface area contributed by atoms with Crippen LogP contribution >= 0.6 is 0 Å². The highest BCUT2D eigenvalue weighted by Crippen LogP contribution is 2.07. The maximum Gasteiger partial charge on any atom is 0.222 e. The monoisotopic (exact) mass is 259 g/mol. The second-order valence-corrected chi connectivity index (χ2v) is 5.19. The summed E-state index contributed by atoms with van der Waals surface area (Å²) in [6, 6.07) is 0.0607. The molecule has 1 N–H and O–H groups in total. The summed E-state index contributed by atoms with van der Waals surface area (Å²) in [5.41, 5.74) is 0. The van der Waals surface area contributed by atoms with Gasteiger partial charge in [-0.1, -0.05) is 13.8 Å². The van der Waals surface area contributed by atoms with Crippen LogP contribution in [0, 0.1) is 5.92 Å². The summed E-state index contributed by atoms with van der Waals surface area (Å²) in [7, 11) is 0. The van der Waals surface area contributed by atoms with Crippen molar-refractivity contribution in [2.24, 2.45) is 5.92 Å². The first-order chi connectivity index (χ1) is 8.45. The molecule has 0 rings (SSSR count). The molecule has 0 bridgehead atoms. The van der Waals surface area contributed by atoms with E-state index < -0.39 is 0 Å². The molecule has 1 amide bonds. The molecular weight excluding hydrogens is 230 g/mol. The van der Waals surface area contributed by atoms with Crippen molar-refractivity contribution in [1.29, 1.82) is 0 Å². The van der Waals surface area contributed by atoms with E-state index in [0.717, 1.165) is 6.42 Å². The molecule has 0 saturated heterocycles. The van der Waals surface area contributed by atoms with Gasteiger partial charge >= 0.3 is 0 Å². The van der Waals surface area contributed by atoms with Gasteiger partial charge in [0.1, 0.15) is 0 Å². The lowest BCUT2D eigenvalue weighted by atomic mass is 10.1. The van der Waals surface area contributed by atoms with Gasteiger partial charge in [0.2, 0.25) is 5.91 Å². The second kappa shape index (κ2) is 10.3. The average molecular weight is 259 g/mol. The molecule has 0 aromatic rings. The Kier molecular flexibility index (Phi) is 9.98. The van der Waals surface area contributed by atoms with E-state index in [1.54, 1.807) is 0 Å². The quantitative estimate of drug-likeness (QED) is 0.655. The third-order valence-electron chi connectivity index (χ3n) is 2.51. The Bertz CT molecular complexity index is 219. The first-order valence-electron chi connectivity index (χ1n) is 6.94. The lowest BCUT2D eigenvalue weighted by molar-refractivity contribution is -0.123. The molecule has 0 spiro atoms. The zero-order valence-corrected chi connectivity index (χ0v) is 12.5. The van der Waals surface area contributed by atoms with Gasteiger partial charge in [-0.05, 0) is 33.1 Å². The molecule has 0 saturated carbocycles. The van der Waals surface area contributed by atoms with Crippen molar-refractivity contribution in [3.05, 3.63) is 0 Å². The molecule has 2 atom stereocenters. The number of carbonyl (C=O) groups excluding carboxylic acids is 1. The molecule has 0 aliphatic heterocycles. The van der Waals surface area contributed by atoms with Crippen molar-refractivity contribution in [1.82, 2.24) is 5.32 Å². The molecule has 108 valence electrons. The molecule has 1 unspecified atom stereocenters. The van der Waals surface area contributed by atoms with Gasteiger partial charge in [-0.2, -0.15) is 0 Å². The minimum absolute atomic E-state index is 0.0268. The predicted molar refractivity (Wildman–Crippen MR) is 73.6 cm³/mol. The van der Waals surface area contributed by atoms with E-state index in [9.17, 15) is 4.79 Å². The van der Waals surface area contributed by atoms with E-state index in [-0.39, 0.29) is 18.1 Å². The topological polar surface area (TPSA) is 47.6 Å². The minimum atomic E-state index is 0.0268. The number of amides is 1. The van der Waals surface area contributed by atoms with Crippen LogP contribution in [-0.4, -0.2) is 37.9 Å². The van der Waals surface area contributed by atoms with E-state index in [0.29, 0.717) is 32.2 Å². The van der Waals surface area contributed by atoms with E-state index in [4.69, 9.17) is 9.47 Å². The van der Waals surface area contributed by atoms with Gasteiger partial charge in [0.15, 0.2) is 0 Å². The fourth-order valence-electron chi connectivity index (χ4n) is 1.77. The van der Waals surface area contributed by atoms with E-state index in [2.05, 4.69) is 26.1 Å². The van der Waals surface area contributed by atoms with Crippen LogP contribution in [0.25, 0.3) is 0 Å². The van der Waals surface area contributed by atoms with Gasteiger partial charge in [-0.3, -0.25) is 4.79 Å². The van der Waals surface area contributed by atoms with Crippen molar-refractivity contribution in [3.8, 4) is 0 Å². The fourth-order valence-corrected chi connectivity index (χ4v) is 1.77. The van der Waals surface area contributed by atoms with E-state index in [1.807, 2.05) is 13.8 Å². The SMILES string of the molecule is CCOC[C@H](C)NC(=O)CCOC(C)CC(C)C. The molecule has 0 radical (unpaired) electrons. The number of hydrogen-bond acceptors (Lipinski definition) is 3. The molecule has 18 heavy (non-hydrogen) atoms. The third kappa shape index (κ3) is 10.5. The van der Waals surface area contributed by atoms with Gasteiger partial charge in [0.25, 0.3) is 0 Å². The summed E-state index contributed by atoms with van der Waals surface area (Å²) in [6.07, 6.45) is 1.67. The molecule has 0 fully saturated rings. The molecule has 0 aromatic heterocycles. The van der Waals surface area contributed by atoms with E-state index >= 15 is 0 Å². The summed E-state index contributed by atoms with van der Waals surface area (Å²) >= 11 is 0. The summed E-state index contributed by atoms with van der Waals surface area (Å²) in [5.74, 6) is 0.652. The predicted octanol–water partition coefficient (Wildman–Crippen LogP) is 2.37. The average Bonchev–Trinajstić information content (AvgIpc) is 2.25. The highest BCUT2D eigenvalue weighted by molar-refractivity contribution is 5.76. The summed E-state index contributed by atoms with van der Waals surface area (Å²) in [4.78, 5) is 11.6. The van der Waals surface area contributed by atoms with Crippen molar-refractivity contribution < 1.29 is 14.3 Å². The summed E-state index contributed by atoms with van der Waals surface area (Å²) in [5, 5.41) is 2.89. The Balaban J connectivity index is 3.58. The van der Waals surface area contributed by atoms with E-state index in [1.165, 1.54) is 0 Å². The molecule has 0 aliphatic carbocycles. The van der Waals surface area contributed by atoms with Gasteiger partial charge in [0, 0.05) is 19.1 Å². The second-order valence-electron chi connectivity index (χ2n) is 5.19. The van der Waals surface area contributed by atoms with Gasteiger partial charge in [0.05, 0.1) is 19.3 Å². The summed E-state index contributed by atoms with van der Waals surface area (Å²) < 4.78 is 10.8. The van der Waals surface area contributed by atoms with Crippen molar-refractivity contribution in [2.75, 3.05) is 19.8 Å². The van der Waals surface area contributed by atoms with Crippen LogP contribution in [-0.2, 0) is 14.3 Å². The molecule has 0 aliphatic rings. The van der Waals surface area contributed by atoms with Crippen LogP contribution in [0.3, 0.4) is 0 Å². The first kappa shape index (κ1) is 17.4. The van der Waals surface area contributed by atoms with Gasteiger partial charge < -0.3 is 14.8 Å². The highest BCUT2D eigenvalue weighted by atomic mass is 16.5. The lowest BCUT2D eigenvalue weighted by Gasteiger charge is -2.16. The largest absolute Gasteiger partial charge is 0.380 e. The summed E-state index contributed by atoms with van der Waals surface area (Å²) in [6.45, 7) is 12.0. The Labute approximate surface area is 111 Å². The maximum atomic E-state index is 11.6. The molecule has 0 aromatic carbocycles. The molecule has 0 heterocycles. The number of rotatable bonds is 10. The molecular formula is C14H29NO3. The smallest absolute Gasteiger partial charge is 0.222 e. The zero-order chi connectivity index (χ0) is 14.0. The number of ether oxygens (including phenoxy) is 2. The van der Waals surface area contributed by atoms with Crippen molar-refractivity contribution in [3.63, 3.8) is 0 Å². The minimum Gasteiger partial charge on any atom is -0.380 e. The van der Waals surface area contributed by atoms with Crippen LogP contribution in [0.2, 0.25) is 0 Å². The zero-order valence-electron chi connectivity index (χ0n) is 12.5. The Hall–Kier alpha value is -0.610. The molecule has 4 nitrogen and oxygen atoms in total. The highest BCUT2D eigenvalue weighted by Gasteiger charge is 2.09. The van der Waals surface area contributed by atoms with Crippen LogP contribution in [0.5, 0.6) is 0 Å². The van der Waals surface area contributed by atoms with Crippen LogP contribution in [0.1, 0.15) is 47.5 Å². The standard InChI is InChI=1S/C14H29NO3/c1-6-17-10-12(4)15-14(16)7-8-18-13(5)9-11(2)3/h11-13H,6-10H2,1-5H3,(H,15,16)/t12-,13?/m0/s1. The number of carbonyl (C=O) groups is 1. The molecule has 4 heteroatoms. The number of nitrogens with one attached hydrogen (secondary N) is 1. The van der Waals surface area contributed by atoms with Crippen molar-refractivity contribution >= 4 is 5.91 Å². The van der Waals surface area contributed by atoms with Gasteiger partial charge in [-0.25, -0.2) is 0 Å².